The van der Waals surface area contributed by atoms with Gasteiger partial charge in [-0.05, 0) is 59.4 Å². The summed E-state index contributed by atoms with van der Waals surface area (Å²) in [4.78, 5) is 0. The van der Waals surface area contributed by atoms with Crippen molar-refractivity contribution in [1.29, 1.82) is 0 Å². The van der Waals surface area contributed by atoms with Crippen LogP contribution in [0.25, 0.3) is 17.2 Å². The zero-order valence-corrected chi connectivity index (χ0v) is 11.3. The van der Waals surface area contributed by atoms with E-state index in [0.717, 1.165) is 17.0 Å². The molecule has 0 N–H and O–H groups in total. The van der Waals surface area contributed by atoms with Crippen molar-refractivity contribution in [3.8, 4) is 0 Å². The predicted molar refractivity (Wildman–Crippen MR) is 83.7 cm³/mol. The average Bonchev–Trinajstić information content (AvgIpc) is 2.77. The van der Waals surface area contributed by atoms with Crippen molar-refractivity contribution < 1.29 is 0 Å². The zero-order valence-electron chi connectivity index (χ0n) is 10.6. The quantitative estimate of drug-likeness (QED) is 0.672. The van der Waals surface area contributed by atoms with Gasteiger partial charge >= 0.3 is 0 Å². The largest absolute Gasteiger partial charge is 0.0843 e. The lowest BCUT2D eigenvalue weighted by Crippen LogP contribution is -1.82. The number of hydrogen-bond acceptors (Lipinski definition) is 0. The van der Waals surface area contributed by atoms with Crippen LogP contribution in [0.5, 0.6) is 0 Å². The molecule has 0 nitrogen and oxygen atoms in total. The molecule has 0 aliphatic heterocycles. The normalized spacial score (nSPS) is 15.5. The van der Waals surface area contributed by atoms with E-state index >= 15 is 0 Å². The van der Waals surface area contributed by atoms with Crippen molar-refractivity contribution in [3.63, 3.8) is 0 Å². The summed E-state index contributed by atoms with van der Waals surface area (Å²) in [6.45, 7) is 4.01. The lowest BCUT2D eigenvalue weighted by molar-refractivity contribution is 1.41. The molecule has 19 heavy (non-hydrogen) atoms. The average molecular weight is 266 g/mol. The molecule has 0 saturated carbocycles. The number of rotatable bonds is 2. The predicted octanol–water partition coefficient (Wildman–Crippen LogP) is 5.50. The number of benzene rings is 2. The van der Waals surface area contributed by atoms with E-state index in [4.69, 9.17) is 11.6 Å². The van der Waals surface area contributed by atoms with E-state index in [1.54, 1.807) is 0 Å². The highest BCUT2D eigenvalue weighted by molar-refractivity contribution is 6.30. The Morgan fingerprint density at radius 3 is 2.53 bits per heavy atom. The van der Waals surface area contributed by atoms with Crippen LogP contribution in [0.2, 0.25) is 5.02 Å². The second kappa shape index (κ2) is 5.07. The van der Waals surface area contributed by atoms with Crippen LogP contribution in [0.4, 0.5) is 0 Å². The molecule has 2 aromatic rings. The molecule has 1 radical (unpaired) electrons. The smallest absolute Gasteiger partial charge is 0.0411 e. The van der Waals surface area contributed by atoms with E-state index in [1.807, 2.05) is 18.2 Å². The minimum absolute atomic E-state index is 0.766. The molecular weight excluding hydrogens is 252 g/mol. The van der Waals surface area contributed by atoms with Gasteiger partial charge in [-0.15, -0.1) is 0 Å². The van der Waals surface area contributed by atoms with Crippen LogP contribution < -0.4 is 0 Å². The van der Waals surface area contributed by atoms with Gasteiger partial charge in [0.15, 0.2) is 0 Å². The van der Waals surface area contributed by atoms with E-state index in [-0.39, 0.29) is 0 Å². The fourth-order valence-corrected chi connectivity index (χ4v) is 2.66. The summed E-state index contributed by atoms with van der Waals surface area (Å²) in [7, 11) is 0. The highest BCUT2D eigenvalue weighted by Crippen LogP contribution is 2.37. The van der Waals surface area contributed by atoms with Crippen molar-refractivity contribution >= 4 is 28.8 Å². The summed E-state index contributed by atoms with van der Waals surface area (Å²) in [6.07, 6.45) is 5.20. The maximum atomic E-state index is 6.03. The second-order valence-corrected chi connectivity index (χ2v) is 5.06. The van der Waals surface area contributed by atoms with E-state index < -0.39 is 0 Å². The SMILES string of the molecule is [CH2]CC1=CC(=Cc2cccc(Cl)c2)c2ccccc21. The Bertz CT molecular complexity index is 678. The van der Waals surface area contributed by atoms with Crippen LogP contribution in [-0.4, -0.2) is 0 Å². The second-order valence-electron chi connectivity index (χ2n) is 4.62. The molecule has 2 aromatic carbocycles. The Kier molecular flexibility index (Phi) is 3.27. The van der Waals surface area contributed by atoms with Crippen LogP contribution in [0.15, 0.2) is 54.6 Å². The van der Waals surface area contributed by atoms with Gasteiger partial charge in [0, 0.05) is 5.02 Å². The lowest BCUT2D eigenvalue weighted by Gasteiger charge is -2.03. The number of halogens is 1. The highest BCUT2D eigenvalue weighted by atomic mass is 35.5. The topological polar surface area (TPSA) is 0 Å². The first kappa shape index (κ1) is 12.3. The molecule has 0 unspecified atom stereocenters. The minimum Gasteiger partial charge on any atom is -0.0843 e. The Morgan fingerprint density at radius 2 is 1.79 bits per heavy atom. The van der Waals surface area contributed by atoms with Crippen LogP contribution in [0, 0.1) is 6.92 Å². The van der Waals surface area contributed by atoms with Crippen LogP contribution >= 0.6 is 11.6 Å². The Hall–Kier alpha value is -1.79. The first-order chi connectivity index (χ1) is 9.28. The molecule has 93 valence electrons. The van der Waals surface area contributed by atoms with Crippen molar-refractivity contribution in [2.75, 3.05) is 0 Å². The number of fused-ring (bicyclic) bond motifs is 1. The Labute approximate surface area is 119 Å². The Morgan fingerprint density at radius 1 is 1.00 bits per heavy atom. The van der Waals surface area contributed by atoms with E-state index in [1.165, 1.54) is 22.3 Å². The monoisotopic (exact) mass is 265 g/mol. The number of hydrogen-bond donors (Lipinski definition) is 0. The zero-order chi connectivity index (χ0) is 13.2. The maximum Gasteiger partial charge on any atom is 0.0411 e. The first-order valence-electron chi connectivity index (χ1n) is 6.35. The summed E-state index contributed by atoms with van der Waals surface area (Å²) < 4.78 is 0. The third-order valence-corrected chi connectivity index (χ3v) is 3.59. The van der Waals surface area contributed by atoms with Gasteiger partial charge in [-0.1, -0.05) is 54.1 Å². The molecule has 3 rings (SSSR count). The third-order valence-electron chi connectivity index (χ3n) is 3.35. The van der Waals surface area contributed by atoms with Crippen LogP contribution in [0.3, 0.4) is 0 Å². The molecule has 0 saturated heterocycles. The molecule has 0 amide bonds. The van der Waals surface area contributed by atoms with Gasteiger partial charge in [0.2, 0.25) is 0 Å². The number of allylic oxidation sites excluding steroid dienone is 3. The van der Waals surface area contributed by atoms with Crippen LogP contribution in [-0.2, 0) is 0 Å². The van der Waals surface area contributed by atoms with Gasteiger partial charge in [0.1, 0.15) is 0 Å². The van der Waals surface area contributed by atoms with Gasteiger partial charge in [-0.2, -0.15) is 0 Å². The summed E-state index contributed by atoms with van der Waals surface area (Å²) in [5.41, 5.74) is 6.23. The molecule has 0 bridgehead atoms. The molecule has 1 aliphatic rings. The minimum atomic E-state index is 0.766. The van der Waals surface area contributed by atoms with Gasteiger partial charge in [0.05, 0.1) is 0 Å². The summed E-state index contributed by atoms with van der Waals surface area (Å²) in [5, 5.41) is 0.766. The molecule has 0 heterocycles. The summed E-state index contributed by atoms with van der Waals surface area (Å²) >= 11 is 6.03. The van der Waals surface area contributed by atoms with Crippen molar-refractivity contribution in [2.45, 2.75) is 6.42 Å². The van der Waals surface area contributed by atoms with Gasteiger partial charge in [-0.3, -0.25) is 0 Å². The van der Waals surface area contributed by atoms with Gasteiger partial charge in [-0.25, -0.2) is 0 Å². The molecular formula is C18H14Cl. The van der Waals surface area contributed by atoms with E-state index in [9.17, 15) is 0 Å². The molecule has 1 heteroatoms. The van der Waals surface area contributed by atoms with E-state index in [0.29, 0.717) is 0 Å². The molecule has 0 spiro atoms. The highest BCUT2D eigenvalue weighted by Gasteiger charge is 2.15. The molecule has 0 atom stereocenters. The third kappa shape index (κ3) is 2.36. The Balaban J connectivity index is 2.09. The van der Waals surface area contributed by atoms with E-state index in [2.05, 4.69) is 49.4 Å². The molecule has 0 aromatic heterocycles. The van der Waals surface area contributed by atoms with Crippen molar-refractivity contribution in [1.82, 2.24) is 0 Å². The fourth-order valence-electron chi connectivity index (χ4n) is 2.46. The molecule has 1 aliphatic carbocycles. The lowest BCUT2D eigenvalue weighted by atomic mass is 10.0. The van der Waals surface area contributed by atoms with Crippen molar-refractivity contribution in [2.24, 2.45) is 0 Å². The summed E-state index contributed by atoms with van der Waals surface area (Å²) in [6, 6.07) is 16.4. The molecule has 0 fully saturated rings. The van der Waals surface area contributed by atoms with Gasteiger partial charge < -0.3 is 0 Å². The van der Waals surface area contributed by atoms with Crippen LogP contribution in [0.1, 0.15) is 23.1 Å². The van der Waals surface area contributed by atoms with Crippen molar-refractivity contribution in [3.05, 3.63) is 83.2 Å². The fraction of sp³-hybridized carbons (Fsp3) is 0.0556. The first-order valence-corrected chi connectivity index (χ1v) is 6.72. The standard InChI is InChI=1S/C18H14Cl/c1-2-14-12-15(18-9-4-3-8-17(14)18)10-13-6-5-7-16(19)11-13/h3-12H,1-2H2. The maximum absolute atomic E-state index is 6.03. The van der Waals surface area contributed by atoms with Gasteiger partial charge in [0.25, 0.3) is 0 Å². The summed E-state index contributed by atoms with van der Waals surface area (Å²) in [5.74, 6) is 0.